The van der Waals surface area contributed by atoms with E-state index in [9.17, 15) is 0 Å². The minimum Gasteiger partial charge on any atom is -0.389 e. The van der Waals surface area contributed by atoms with Crippen LogP contribution in [0.3, 0.4) is 0 Å². The molecule has 2 unspecified atom stereocenters. The van der Waals surface area contributed by atoms with E-state index < -0.39 is 12.3 Å². The van der Waals surface area contributed by atoms with Crippen LogP contribution in [0.15, 0.2) is 0 Å². The van der Waals surface area contributed by atoms with Gasteiger partial charge in [0.05, 0.1) is 11.1 Å². The fourth-order valence-corrected chi connectivity index (χ4v) is 2.60. The van der Waals surface area contributed by atoms with Crippen molar-refractivity contribution in [3.05, 3.63) is 0 Å². The van der Waals surface area contributed by atoms with Crippen molar-refractivity contribution < 1.29 is 10.2 Å². The monoisotopic (exact) mass is 345 g/mol. The lowest BCUT2D eigenvalue weighted by Crippen LogP contribution is -2.39. The molecule has 0 amide bonds. The minimum atomic E-state index is -0.942. The van der Waals surface area contributed by atoms with Crippen molar-refractivity contribution in [2.24, 2.45) is 5.92 Å². The summed E-state index contributed by atoms with van der Waals surface area (Å²) >= 11 is 4.61. The Morgan fingerprint density at radius 2 is 1.48 bits per heavy atom. The second-order valence-electron chi connectivity index (χ2n) is 6.95. The molecular weight excluding hydrogens is 306 g/mol. The van der Waals surface area contributed by atoms with Gasteiger partial charge in [0.25, 0.3) is 0 Å². The highest BCUT2D eigenvalue weighted by Gasteiger charge is 2.19. The normalized spacial score (nSPS) is 16.2. The number of unbranched alkanes of at least 4 members (excludes halogenated alkanes) is 8. The molecule has 4 heteroatoms. The fraction of sp³-hybridized carbons (Fsp3) is 0.947. The summed E-state index contributed by atoms with van der Waals surface area (Å²) in [6.07, 6.45) is 16.2. The van der Waals surface area contributed by atoms with Gasteiger partial charge in [0.2, 0.25) is 0 Å². The first-order valence-corrected chi connectivity index (χ1v) is 10.0. The van der Waals surface area contributed by atoms with Crippen LogP contribution < -0.4 is 5.32 Å². The van der Waals surface area contributed by atoms with Crippen LogP contribution in [-0.2, 0) is 0 Å². The lowest BCUT2D eigenvalue weighted by Gasteiger charge is -2.14. The minimum absolute atomic E-state index is 0.475. The molecule has 0 bridgehead atoms. The average molecular weight is 346 g/mol. The van der Waals surface area contributed by atoms with E-state index in [4.69, 9.17) is 10.2 Å². The van der Waals surface area contributed by atoms with Crippen LogP contribution in [0.2, 0.25) is 0 Å². The summed E-state index contributed by atoms with van der Waals surface area (Å²) in [6, 6.07) is 0. The lowest BCUT2D eigenvalue weighted by molar-refractivity contribution is 0.0224. The molecule has 0 aliphatic heterocycles. The van der Waals surface area contributed by atoms with Crippen molar-refractivity contribution in [3.8, 4) is 0 Å². The molecule has 138 valence electrons. The summed E-state index contributed by atoms with van der Waals surface area (Å²) in [4.78, 5) is 0.475. The Balaban J connectivity index is 0.000000468. The van der Waals surface area contributed by atoms with Crippen LogP contribution in [0, 0.1) is 5.92 Å². The second-order valence-corrected chi connectivity index (χ2v) is 7.56. The first kappa shape index (κ1) is 22.8. The molecule has 3 nitrogen and oxygen atoms in total. The molecular formula is C19H39NO2S. The zero-order valence-corrected chi connectivity index (χ0v) is 16.3. The number of rotatable bonds is 12. The molecule has 1 aliphatic carbocycles. The van der Waals surface area contributed by atoms with E-state index in [1.54, 1.807) is 6.92 Å². The predicted molar refractivity (Wildman–Crippen MR) is 104 cm³/mol. The third-order valence-corrected chi connectivity index (χ3v) is 4.34. The fourth-order valence-electron chi connectivity index (χ4n) is 2.48. The van der Waals surface area contributed by atoms with Crippen LogP contribution in [0.1, 0.15) is 97.8 Å². The van der Waals surface area contributed by atoms with Gasteiger partial charge in [0.1, 0.15) is 0 Å². The maximum Gasteiger partial charge on any atom is 0.150 e. The molecule has 3 N–H and O–H groups in total. The van der Waals surface area contributed by atoms with E-state index in [0.29, 0.717) is 4.99 Å². The average Bonchev–Trinajstić information content (AvgIpc) is 3.29. The summed E-state index contributed by atoms with van der Waals surface area (Å²) in [5, 5.41) is 20.0. The molecule has 0 radical (unpaired) electrons. The van der Waals surface area contributed by atoms with Gasteiger partial charge in [-0.25, -0.2) is 0 Å². The molecule has 1 aliphatic rings. The molecule has 1 rings (SSSR count). The van der Waals surface area contributed by atoms with Gasteiger partial charge >= 0.3 is 0 Å². The Labute approximate surface area is 149 Å². The Kier molecular flexibility index (Phi) is 15.2. The van der Waals surface area contributed by atoms with Gasteiger partial charge in [-0.3, -0.25) is 0 Å². The van der Waals surface area contributed by atoms with Crippen LogP contribution in [0.25, 0.3) is 0 Å². The maximum absolute atomic E-state index is 8.85. The van der Waals surface area contributed by atoms with Crippen molar-refractivity contribution in [2.45, 2.75) is 110 Å². The highest BCUT2D eigenvalue weighted by Crippen LogP contribution is 2.34. The number of thiocarbonyl (C=S) groups is 1. The summed E-state index contributed by atoms with van der Waals surface area (Å²) in [5.74, 6) is 1.15. The molecule has 2 atom stereocenters. The first-order valence-electron chi connectivity index (χ1n) is 9.60. The molecule has 0 heterocycles. The van der Waals surface area contributed by atoms with Gasteiger partial charge in [-0.15, -0.1) is 0 Å². The van der Waals surface area contributed by atoms with E-state index in [2.05, 4.69) is 24.5 Å². The summed E-state index contributed by atoms with van der Waals surface area (Å²) in [7, 11) is 0. The Hall–Kier alpha value is -0.190. The van der Waals surface area contributed by atoms with Gasteiger partial charge in [-0.2, -0.15) is 0 Å². The number of hydrogen-bond acceptors (Lipinski definition) is 3. The number of aliphatic hydroxyl groups excluding tert-OH is 2. The van der Waals surface area contributed by atoms with Crippen molar-refractivity contribution in [1.82, 2.24) is 5.32 Å². The summed E-state index contributed by atoms with van der Waals surface area (Å²) in [6.45, 7) is 5.41. The van der Waals surface area contributed by atoms with E-state index in [-0.39, 0.29) is 0 Å². The van der Waals surface area contributed by atoms with E-state index in [0.717, 1.165) is 5.92 Å². The standard InChI is InChI=1S/C14H28.C5H11NO2S/c1-2-3-4-5-6-7-8-9-10-11-14-12-13-14;1-3(7)5(8)6-4(2)9/h14H,2-13H2,1H3;3,5,7-8H,1-2H3,(H,6,9). The first-order chi connectivity index (χ1) is 11.0. The third kappa shape index (κ3) is 18.0. The van der Waals surface area contributed by atoms with Gasteiger partial charge in [-0.1, -0.05) is 96.2 Å². The van der Waals surface area contributed by atoms with Crippen LogP contribution >= 0.6 is 12.2 Å². The molecule has 0 saturated heterocycles. The quantitative estimate of drug-likeness (QED) is 0.266. The van der Waals surface area contributed by atoms with Crippen molar-refractivity contribution in [2.75, 3.05) is 0 Å². The van der Waals surface area contributed by atoms with E-state index in [1.165, 1.54) is 84.0 Å². The smallest absolute Gasteiger partial charge is 0.150 e. The van der Waals surface area contributed by atoms with E-state index >= 15 is 0 Å². The number of nitrogens with one attached hydrogen (secondary N) is 1. The Morgan fingerprint density at radius 1 is 1.00 bits per heavy atom. The molecule has 23 heavy (non-hydrogen) atoms. The molecule has 0 spiro atoms. The zero-order chi connectivity index (χ0) is 17.5. The molecule has 1 saturated carbocycles. The number of hydrogen-bond donors (Lipinski definition) is 3. The molecule has 0 aromatic rings. The second kappa shape index (κ2) is 15.3. The Bertz CT molecular complexity index is 281. The largest absolute Gasteiger partial charge is 0.389 e. The van der Waals surface area contributed by atoms with Gasteiger partial charge in [0, 0.05) is 0 Å². The number of aliphatic hydroxyl groups is 2. The van der Waals surface area contributed by atoms with Gasteiger partial charge in [-0.05, 0) is 19.8 Å². The van der Waals surface area contributed by atoms with Crippen LogP contribution in [-0.4, -0.2) is 27.5 Å². The van der Waals surface area contributed by atoms with Gasteiger partial charge in [0.15, 0.2) is 6.23 Å². The zero-order valence-electron chi connectivity index (χ0n) is 15.5. The van der Waals surface area contributed by atoms with Crippen molar-refractivity contribution in [3.63, 3.8) is 0 Å². The summed E-state index contributed by atoms with van der Waals surface area (Å²) in [5.41, 5.74) is 0. The lowest BCUT2D eigenvalue weighted by atomic mass is 10.1. The summed E-state index contributed by atoms with van der Waals surface area (Å²) < 4.78 is 0. The highest BCUT2D eigenvalue weighted by molar-refractivity contribution is 7.80. The maximum atomic E-state index is 8.85. The SMILES string of the molecule is CC(=S)NC(O)C(C)O.CCCCCCCCCCCC1CC1. The Morgan fingerprint density at radius 3 is 1.83 bits per heavy atom. The van der Waals surface area contributed by atoms with Crippen LogP contribution in [0.5, 0.6) is 0 Å². The molecule has 0 aromatic carbocycles. The molecule has 0 aromatic heterocycles. The van der Waals surface area contributed by atoms with E-state index in [1.807, 2.05) is 0 Å². The highest BCUT2D eigenvalue weighted by atomic mass is 32.1. The van der Waals surface area contributed by atoms with Crippen molar-refractivity contribution >= 4 is 17.2 Å². The third-order valence-electron chi connectivity index (χ3n) is 4.22. The van der Waals surface area contributed by atoms with Crippen LogP contribution in [0.4, 0.5) is 0 Å². The van der Waals surface area contributed by atoms with Gasteiger partial charge < -0.3 is 15.5 Å². The molecule has 1 fully saturated rings. The van der Waals surface area contributed by atoms with Crippen molar-refractivity contribution in [1.29, 1.82) is 0 Å². The predicted octanol–water partition coefficient (Wildman–Crippen LogP) is 4.94. The topological polar surface area (TPSA) is 52.5 Å².